The maximum Gasteiger partial charge on any atom is 0.321 e. The van der Waals surface area contributed by atoms with E-state index in [0.29, 0.717) is 18.9 Å². The van der Waals surface area contributed by atoms with E-state index in [1.54, 1.807) is 30.3 Å². The third-order valence-electron chi connectivity index (χ3n) is 2.20. The van der Waals surface area contributed by atoms with Crippen molar-refractivity contribution < 1.29 is 14.6 Å². The van der Waals surface area contributed by atoms with Crippen molar-refractivity contribution in [3.63, 3.8) is 0 Å². The summed E-state index contributed by atoms with van der Waals surface area (Å²) in [4.78, 5) is 10.7. The van der Waals surface area contributed by atoms with Gasteiger partial charge in [-0.3, -0.25) is 4.79 Å². The fourth-order valence-corrected chi connectivity index (χ4v) is 1.32. The molecule has 0 amide bonds. The first-order chi connectivity index (χ1) is 8.17. The van der Waals surface area contributed by atoms with Crippen molar-refractivity contribution in [1.82, 2.24) is 0 Å². The standard InChI is InChI=1S/C12H14N2O3/c13-5-6-17-11-3-1-9(2-4-11)7-10(8-14)12(15)16/h1-4,10H,5-7,13H2,(H,15,16). The van der Waals surface area contributed by atoms with Crippen LogP contribution in [0.5, 0.6) is 5.75 Å². The topological polar surface area (TPSA) is 96.3 Å². The molecular formula is C12H14N2O3. The molecule has 0 aromatic heterocycles. The summed E-state index contributed by atoms with van der Waals surface area (Å²) < 4.78 is 5.28. The minimum atomic E-state index is -1.10. The number of aliphatic carboxylic acids is 1. The molecule has 17 heavy (non-hydrogen) atoms. The maximum atomic E-state index is 10.7. The zero-order valence-corrected chi connectivity index (χ0v) is 9.30. The second kappa shape index (κ2) is 6.51. The van der Waals surface area contributed by atoms with Crippen molar-refractivity contribution in [2.24, 2.45) is 11.7 Å². The molecule has 5 heteroatoms. The Hall–Kier alpha value is -2.06. The van der Waals surface area contributed by atoms with Crippen molar-refractivity contribution in [1.29, 1.82) is 5.26 Å². The molecule has 0 saturated heterocycles. The highest BCUT2D eigenvalue weighted by atomic mass is 16.5. The van der Waals surface area contributed by atoms with E-state index >= 15 is 0 Å². The van der Waals surface area contributed by atoms with Gasteiger partial charge in [0.05, 0.1) is 6.07 Å². The second-order valence-corrected chi connectivity index (χ2v) is 3.51. The number of nitrogens with zero attached hydrogens (tertiary/aromatic N) is 1. The largest absolute Gasteiger partial charge is 0.492 e. The van der Waals surface area contributed by atoms with Crippen LogP contribution in [0.4, 0.5) is 0 Å². The van der Waals surface area contributed by atoms with Gasteiger partial charge in [-0.25, -0.2) is 0 Å². The number of hydrogen-bond donors (Lipinski definition) is 2. The summed E-state index contributed by atoms with van der Waals surface area (Å²) in [6.07, 6.45) is 0.197. The first-order valence-corrected chi connectivity index (χ1v) is 5.21. The molecule has 0 radical (unpaired) electrons. The van der Waals surface area contributed by atoms with Crippen LogP contribution in [0.1, 0.15) is 5.56 Å². The molecule has 1 rings (SSSR count). The fourth-order valence-electron chi connectivity index (χ4n) is 1.32. The van der Waals surface area contributed by atoms with Gasteiger partial charge in [0.2, 0.25) is 0 Å². The van der Waals surface area contributed by atoms with Crippen LogP contribution in [0.15, 0.2) is 24.3 Å². The van der Waals surface area contributed by atoms with Crippen LogP contribution >= 0.6 is 0 Å². The molecule has 0 fully saturated rings. The fraction of sp³-hybridized carbons (Fsp3) is 0.333. The van der Waals surface area contributed by atoms with Gasteiger partial charge in [-0.05, 0) is 24.1 Å². The van der Waals surface area contributed by atoms with Gasteiger partial charge in [0, 0.05) is 6.54 Å². The Kier molecular flexibility index (Phi) is 4.98. The highest BCUT2D eigenvalue weighted by Crippen LogP contribution is 2.15. The van der Waals surface area contributed by atoms with Gasteiger partial charge in [0.15, 0.2) is 0 Å². The first kappa shape index (κ1) is 13.0. The Bertz CT molecular complexity index is 409. The number of nitrogens with two attached hydrogens (primary N) is 1. The summed E-state index contributed by atoms with van der Waals surface area (Å²) >= 11 is 0. The SMILES string of the molecule is N#CC(Cc1ccc(OCCN)cc1)C(=O)O. The number of benzene rings is 1. The molecule has 3 N–H and O–H groups in total. The molecule has 1 unspecified atom stereocenters. The van der Waals surface area contributed by atoms with E-state index in [2.05, 4.69) is 0 Å². The Balaban J connectivity index is 2.62. The van der Waals surface area contributed by atoms with Gasteiger partial charge in [-0.2, -0.15) is 5.26 Å². The Morgan fingerprint density at radius 2 is 2.12 bits per heavy atom. The van der Waals surface area contributed by atoms with Crippen LogP contribution in [0.2, 0.25) is 0 Å². The van der Waals surface area contributed by atoms with Crippen LogP contribution in [0.3, 0.4) is 0 Å². The smallest absolute Gasteiger partial charge is 0.321 e. The van der Waals surface area contributed by atoms with E-state index in [1.807, 2.05) is 0 Å². The van der Waals surface area contributed by atoms with E-state index in [1.165, 1.54) is 0 Å². The van der Waals surface area contributed by atoms with Gasteiger partial charge in [0.25, 0.3) is 0 Å². The molecule has 0 saturated carbocycles. The molecule has 0 aliphatic carbocycles. The molecule has 0 spiro atoms. The molecule has 5 nitrogen and oxygen atoms in total. The van der Waals surface area contributed by atoms with Crippen LogP contribution in [-0.2, 0) is 11.2 Å². The number of carbonyl (C=O) groups is 1. The summed E-state index contributed by atoms with van der Waals surface area (Å²) in [7, 11) is 0. The molecular weight excluding hydrogens is 220 g/mol. The number of carboxylic acids is 1. The third-order valence-corrected chi connectivity index (χ3v) is 2.20. The van der Waals surface area contributed by atoms with E-state index in [0.717, 1.165) is 5.56 Å². The maximum absolute atomic E-state index is 10.7. The van der Waals surface area contributed by atoms with Crippen LogP contribution in [0, 0.1) is 17.2 Å². The Morgan fingerprint density at radius 1 is 1.47 bits per heavy atom. The summed E-state index contributed by atoms with van der Waals surface area (Å²) in [5, 5.41) is 17.4. The molecule has 0 aliphatic rings. The number of rotatable bonds is 6. The second-order valence-electron chi connectivity index (χ2n) is 3.51. The average Bonchev–Trinajstić information content (AvgIpc) is 2.34. The van der Waals surface area contributed by atoms with E-state index in [4.69, 9.17) is 20.8 Å². The van der Waals surface area contributed by atoms with Crippen LogP contribution in [-0.4, -0.2) is 24.2 Å². The average molecular weight is 234 g/mol. The van der Waals surface area contributed by atoms with Crippen molar-refractivity contribution in [2.45, 2.75) is 6.42 Å². The Labute approximate surface area is 99.4 Å². The highest BCUT2D eigenvalue weighted by molar-refractivity contribution is 5.73. The lowest BCUT2D eigenvalue weighted by molar-refractivity contribution is -0.139. The first-order valence-electron chi connectivity index (χ1n) is 5.21. The van der Waals surface area contributed by atoms with Gasteiger partial charge < -0.3 is 15.6 Å². The highest BCUT2D eigenvalue weighted by Gasteiger charge is 2.16. The molecule has 1 aromatic rings. The summed E-state index contributed by atoms with van der Waals surface area (Å²) in [6.45, 7) is 0.882. The number of nitriles is 1. The lowest BCUT2D eigenvalue weighted by Gasteiger charge is -2.07. The predicted molar refractivity (Wildman–Crippen MR) is 61.4 cm³/mol. The lowest BCUT2D eigenvalue weighted by atomic mass is 10.0. The predicted octanol–water partition coefficient (Wildman–Crippen LogP) is 0.791. The minimum Gasteiger partial charge on any atom is -0.492 e. The van der Waals surface area contributed by atoms with Crippen molar-refractivity contribution in [2.75, 3.05) is 13.2 Å². The van der Waals surface area contributed by atoms with Crippen molar-refractivity contribution in [3.05, 3.63) is 29.8 Å². The molecule has 90 valence electrons. The summed E-state index contributed by atoms with van der Waals surface area (Å²) in [6, 6.07) is 8.72. The Morgan fingerprint density at radius 3 is 2.59 bits per heavy atom. The molecule has 0 heterocycles. The van der Waals surface area contributed by atoms with Crippen LogP contribution in [0.25, 0.3) is 0 Å². The van der Waals surface area contributed by atoms with E-state index < -0.39 is 11.9 Å². The molecule has 1 aromatic carbocycles. The van der Waals surface area contributed by atoms with Gasteiger partial charge in [0.1, 0.15) is 18.3 Å². The number of hydrogen-bond acceptors (Lipinski definition) is 4. The van der Waals surface area contributed by atoms with Gasteiger partial charge >= 0.3 is 5.97 Å². The lowest BCUT2D eigenvalue weighted by Crippen LogP contribution is -2.14. The number of ether oxygens (including phenoxy) is 1. The van der Waals surface area contributed by atoms with E-state index in [9.17, 15) is 4.79 Å². The third kappa shape index (κ3) is 4.13. The normalized spacial score (nSPS) is 11.5. The van der Waals surface area contributed by atoms with E-state index in [-0.39, 0.29) is 6.42 Å². The van der Waals surface area contributed by atoms with Gasteiger partial charge in [-0.15, -0.1) is 0 Å². The molecule has 0 bridgehead atoms. The summed E-state index contributed by atoms with van der Waals surface area (Å²) in [5.74, 6) is -1.43. The number of carboxylic acid groups (broad SMARTS) is 1. The van der Waals surface area contributed by atoms with Crippen molar-refractivity contribution >= 4 is 5.97 Å². The van der Waals surface area contributed by atoms with Crippen molar-refractivity contribution in [3.8, 4) is 11.8 Å². The molecule has 0 aliphatic heterocycles. The quantitative estimate of drug-likeness (QED) is 0.758. The van der Waals surface area contributed by atoms with Crippen LogP contribution < -0.4 is 10.5 Å². The van der Waals surface area contributed by atoms with Gasteiger partial charge in [-0.1, -0.05) is 12.1 Å². The minimum absolute atomic E-state index is 0.197. The molecule has 1 atom stereocenters. The zero-order valence-electron chi connectivity index (χ0n) is 9.30. The summed E-state index contributed by atoms with van der Waals surface area (Å²) in [5.41, 5.74) is 6.09. The monoisotopic (exact) mass is 234 g/mol. The zero-order chi connectivity index (χ0) is 12.7.